The second kappa shape index (κ2) is 5.43. The number of nitrogens with one attached hydrogen (secondary N) is 1. The molecule has 0 aliphatic heterocycles. The lowest BCUT2D eigenvalue weighted by Crippen LogP contribution is -2.04. The van der Waals surface area contributed by atoms with Crippen molar-refractivity contribution in [2.45, 2.75) is 6.92 Å². The van der Waals surface area contributed by atoms with Crippen molar-refractivity contribution in [3.05, 3.63) is 40.6 Å². The Morgan fingerprint density at radius 1 is 1.11 bits per heavy atom. The van der Waals surface area contributed by atoms with Gasteiger partial charge in [-0.2, -0.15) is 15.8 Å². The van der Waals surface area contributed by atoms with Crippen molar-refractivity contribution in [3.63, 3.8) is 0 Å². The van der Waals surface area contributed by atoms with Crippen LogP contribution in [-0.2, 0) is 0 Å². The van der Waals surface area contributed by atoms with E-state index in [-0.39, 0.29) is 16.9 Å². The van der Waals surface area contributed by atoms with Crippen LogP contribution in [-0.4, -0.2) is 0 Å². The molecule has 0 aliphatic rings. The fourth-order valence-corrected chi connectivity index (χ4v) is 1.21. The molecular weight excluding hydrogens is 238 g/mol. The molecule has 0 saturated heterocycles. The Labute approximate surface area is 102 Å². The highest BCUT2D eigenvalue weighted by atomic mass is 19.2. The summed E-state index contributed by atoms with van der Waals surface area (Å²) in [6, 6.07) is 6.80. The number of allylic oxidation sites excluding steroid dienone is 2. The van der Waals surface area contributed by atoms with Gasteiger partial charge < -0.3 is 5.32 Å². The highest BCUT2D eigenvalue weighted by Crippen LogP contribution is 2.22. The highest BCUT2D eigenvalue weighted by Gasteiger charge is 2.12. The average Bonchev–Trinajstić information content (AvgIpc) is 2.38. The molecule has 1 aromatic carbocycles. The first-order valence-corrected chi connectivity index (χ1v) is 4.71. The van der Waals surface area contributed by atoms with Crippen molar-refractivity contribution in [3.8, 4) is 18.2 Å². The number of nitrogens with zero attached hydrogens (tertiary/aromatic N) is 3. The van der Waals surface area contributed by atoms with Gasteiger partial charge in [0, 0.05) is 11.3 Å². The second-order valence-electron chi connectivity index (χ2n) is 3.24. The summed E-state index contributed by atoms with van der Waals surface area (Å²) in [5, 5.41) is 28.5. The van der Waals surface area contributed by atoms with Gasteiger partial charge in [-0.1, -0.05) is 0 Å². The van der Waals surface area contributed by atoms with Gasteiger partial charge in [0.25, 0.3) is 0 Å². The van der Waals surface area contributed by atoms with Gasteiger partial charge in [0.15, 0.2) is 17.2 Å². The van der Waals surface area contributed by atoms with Gasteiger partial charge in [-0.3, -0.25) is 0 Å². The lowest BCUT2D eigenvalue weighted by Gasteiger charge is -2.09. The smallest absolute Gasteiger partial charge is 0.163 e. The molecule has 88 valence electrons. The molecule has 1 aromatic rings. The zero-order valence-electron chi connectivity index (χ0n) is 9.25. The summed E-state index contributed by atoms with van der Waals surface area (Å²) in [5.41, 5.74) is -0.665. The molecule has 4 nitrogen and oxygen atoms in total. The lowest BCUT2D eigenvalue weighted by atomic mass is 10.1. The largest absolute Gasteiger partial charge is 0.345 e. The Balaban J connectivity index is 3.26. The number of rotatable bonds is 2. The lowest BCUT2D eigenvalue weighted by molar-refractivity contribution is 0.504. The summed E-state index contributed by atoms with van der Waals surface area (Å²) in [4.78, 5) is 0. The van der Waals surface area contributed by atoms with Crippen LogP contribution in [0.15, 0.2) is 23.4 Å². The number of halogens is 2. The minimum absolute atomic E-state index is 0.0435. The zero-order chi connectivity index (χ0) is 13.7. The van der Waals surface area contributed by atoms with Crippen molar-refractivity contribution < 1.29 is 8.78 Å². The van der Waals surface area contributed by atoms with Crippen LogP contribution in [0.25, 0.3) is 0 Å². The molecule has 1 N–H and O–H groups in total. The number of benzene rings is 1. The molecule has 0 saturated carbocycles. The van der Waals surface area contributed by atoms with E-state index < -0.39 is 17.2 Å². The summed E-state index contributed by atoms with van der Waals surface area (Å²) in [6.45, 7) is 1.31. The highest BCUT2D eigenvalue weighted by molar-refractivity contribution is 5.61. The first-order chi connectivity index (χ1) is 8.54. The van der Waals surface area contributed by atoms with Crippen LogP contribution in [0.3, 0.4) is 0 Å². The molecule has 0 fully saturated rings. The van der Waals surface area contributed by atoms with E-state index in [2.05, 4.69) is 5.32 Å². The monoisotopic (exact) mass is 244 g/mol. The first-order valence-electron chi connectivity index (χ1n) is 4.71. The fraction of sp³-hybridized carbons (Fsp3) is 0.0833. The average molecular weight is 244 g/mol. The van der Waals surface area contributed by atoms with Gasteiger partial charge in [0.05, 0.1) is 0 Å². The van der Waals surface area contributed by atoms with Crippen LogP contribution in [0.5, 0.6) is 0 Å². The summed E-state index contributed by atoms with van der Waals surface area (Å²) in [6.07, 6.45) is 0. The third-order valence-corrected chi connectivity index (χ3v) is 2.18. The van der Waals surface area contributed by atoms with E-state index in [0.29, 0.717) is 0 Å². The van der Waals surface area contributed by atoms with Crippen molar-refractivity contribution >= 4 is 5.69 Å². The van der Waals surface area contributed by atoms with Gasteiger partial charge in [-0.15, -0.1) is 0 Å². The van der Waals surface area contributed by atoms with Crippen molar-refractivity contribution in [2.24, 2.45) is 0 Å². The normalized spacial score (nSPS) is 8.67. The van der Waals surface area contributed by atoms with Crippen LogP contribution >= 0.6 is 0 Å². The molecule has 0 unspecified atom stereocenters. The molecular formula is C12H6F2N4. The van der Waals surface area contributed by atoms with Gasteiger partial charge in [-0.25, -0.2) is 8.78 Å². The predicted molar refractivity (Wildman–Crippen MR) is 58.6 cm³/mol. The molecule has 1 rings (SSSR count). The van der Waals surface area contributed by atoms with Crippen molar-refractivity contribution in [2.75, 3.05) is 5.32 Å². The maximum Gasteiger partial charge on any atom is 0.163 e. The molecule has 0 atom stereocenters. The fourth-order valence-electron chi connectivity index (χ4n) is 1.21. The topological polar surface area (TPSA) is 83.4 Å². The maximum absolute atomic E-state index is 13.3. The summed E-state index contributed by atoms with van der Waals surface area (Å²) in [5.74, 6) is -2.06. The van der Waals surface area contributed by atoms with Gasteiger partial charge in [0.2, 0.25) is 0 Å². The van der Waals surface area contributed by atoms with E-state index in [1.54, 1.807) is 6.07 Å². The Kier molecular flexibility index (Phi) is 3.97. The van der Waals surface area contributed by atoms with E-state index in [1.165, 1.54) is 25.1 Å². The molecule has 0 spiro atoms. The van der Waals surface area contributed by atoms with Gasteiger partial charge in [-0.05, 0) is 19.1 Å². The van der Waals surface area contributed by atoms with Crippen LogP contribution in [0.2, 0.25) is 0 Å². The molecule has 0 aliphatic carbocycles. The molecule has 6 heteroatoms. The van der Waals surface area contributed by atoms with E-state index >= 15 is 0 Å². The number of hydrogen-bond donors (Lipinski definition) is 1. The number of nitriles is 3. The number of hydrogen-bond acceptors (Lipinski definition) is 4. The van der Waals surface area contributed by atoms with Crippen LogP contribution in [0.4, 0.5) is 14.5 Å². The molecule has 0 heterocycles. The third kappa shape index (κ3) is 2.42. The Morgan fingerprint density at radius 3 is 2.22 bits per heavy atom. The second-order valence-corrected chi connectivity index (χ2v) is 3.24. The summed E-state index contributed by atoms with van der Waals surface area (Å²) in [7, 11) is 0. The molecule has 0 bridgehead atoms. The number of anilines is 1. The minimum atomic E-state index is -1.05. The van der Waals surface area contributed by atoms with Crippen molar-refractivity contribution in [1.82, 2.24) is 0 Å². The van der Waals surface area contributed by atoms with Crippen LogP contribution in [0.1, 0.15) is 5.56 Å². The quantitative estimate of drug-likeness (QED) is 0.810. The van der Waals surface area contributed by atoms with Gasteiger partial charge >= 0.3 is 0 Å². The van der Waals surface area contributed by atoms with Gasteiger partial charge in [0.1, 0.15) is 23.9 Å². The standard InChI is InChI=1S/C12H6F2N4/c1-7-10(3-2-9(13)12(7)14)18-11(6-17)8(4-15)5-16/h2-3,18H,1H3. The summed E-state index contributed by atoms with van der Waals surface area (Å²) >= 11 is 0. The summed E-state index contributed by atoms with van der Waals surface area (Å²) < 4.78 is 26.2. The third-order valence-electron chi connectivity index (χ3n) is 2.18. The van der Waals surface area contributed by atoms with Crippen LogP contribution in [0, 0.1) is 52.6 Å². The maximum atomic E-state index is 13.3. The zero-order valence-corrected chi connectivity index (χ0v) is 9.25. The first kappa shape index (κ1) is 13.2. The Bertz CT molecular complexity index is 626. The van der Waals surface area contributed by atoms with Crippen LogP contribution < -0.4 is 5.32 Å². The Morgan fingerprint density at radius 2 is 1.72 bits per heavy atom. The van der Waals surface area contributed by atoms with E-state index in [1.807, 2.05) is 0 Å². The molecule has 18 heavy (non-hydrogen) atoms. The molecule has 0 aromatic heterocycles. The van der Waals surface area contributed by atoms with E-state index in [9.17, 15) is 8.78 Å². The van der Waals surface area contributed by atoms with E-state index in [4.69, 9.17) is 15.8 Å². The minimum Gasteiger partial charge on any atom is -0.345 e. The Hall–Kier alpha value is -2.91. The SMILES string of the molecule is Cc1c(NC(C#N)=C(C#N)C#N)ccc(F)c1F. The predicted octanol–water partition coefficient (Wildman–Crippen LogP) is 2.51. The van der Waals surface area contributed by atoms with Crippen molar-refractivity contribution in [1.29, 1.82) is 15.8 Å². The molecule has 0 amide bonds. The molecule has 0 radical (unpaired) electrons. The van der Waals surface area contributed by atoms with E-state index in [0.717, 1.165) is 6.07 Å².